The topological polar surface area (TPSA) is 82.4 Å². The Balaban J connectivity index is 1.48. The molecule has 1 N–H and O–H groups in total. The third-order valence-corrected chi connectivity index (χ3v) is 4.62. The summed E-state index contributed by atoms with van der Waals surface area (Å²) in [5.74, 6) is 0.586. The van der Waals surface area contributed by atoms with Crippen molar-refractivity contribution in [2.75, 3.05) is 6.79 Å². The fourth-order valence-electron chi connectivity index (χ4n) is 2.98. The number of ether oxygens (including phenoxy) is 2. The van der Waals surface area contributed by atoms with Crippen molar-refractivity contribution in [3.05, 3.63) is 76.3 Å². The predicted molar refractivity (Wildman–Crippen MR) is 103 cm³/mol. The van der Waals surface area contributed by atoms with Crippen molar-refractivity contribution < 1.29 is 18.7 Å². The summed E-state index contributed by atoms with van der Waals surface area (Å²) < 4.78 is 24.8. The summed E-state index contributed by atoms with van der Waals surface area (Å²) in [5.41, 5.74) is 1.56. The van der Waals surface area contributed by atoms with Gasteiger partial charge >= 0.3 is 0 Å². The van der Waals surface area contributed by atoms with Crippen LogP contribution in [0.5, 0.6) is 11.5 Å². The van der Waals surface area contributed by atoms with Gasteiger partial charge in [0, 0.05) is 18.2 Å². The van der Waals surface area contributed by atoms with Crippen molar-refractivity contribution in [2.24, 2.45) is 0 Å². The molecule has 0 aliphatic carbocycles. The minimum Gasteiger partial charge on any atom is -0.454 e. The van der Waals surface area contributed by atoms with Crippen LogP contribution in [0.3, 0.4) is 0 Å². The Bertz CT molecular complexity index is 1110. The van der Waals surface area contributed by atoms with Crippen LogP contribution in [-0.4, -0.2) is 22.5 Å². The maximum Gasteiger partial charge on any atom is 0.267 e. The van der Waals surface area contributed by atoms with E-state index in [-0.39, 0.29) is 25.1 Å². The van der Waals surface area contributed by atoms with Gasteiger partial charge in [0.05, 0.1) is 5.69 Å². The van der Waals surface area contributed by atoms with Crippen LogP contribution in [0.2, 0.25) is 0 Å². The van der Waals surface area contributed by atoms with Crippen LogP contribution in [0.15, 0.2) is 59.4 Å². The van der Waals surface area contributed by atoms with Gasteiger partial charge < -0.3 is 14.8 Å². The third-order valence-electron chi connectivity index (χ3n) is 4.62. The van der Waals surface area contributed by atoms with Gasteiger partial charge in [-0.3, -0.25) is 9.59 Å². The molecule has 8 heteroatoms. The van der Waals surface area contributed by atoms with E-state index in [4.69, 9.17) is 9.47 Å². The zero-order valence-electron chi connectivity index (χ0n) is 15.6. The summed E-state index contributed by atoms with van der Waals surface area (Å²) in [6, 6.07) is 13.2. The molecule has 3 aromatic rings. The normalized spacial score (nSPS) is 13.2. The minimum atomic E-state index is -0.822. The predicted octanol–water partition coefficient (Wildman–Crippen LogP) is 2.66. The number of benzene rings is 2. The Morgan fingerprint density at radius 2 is 1.90 bits per heavy atom. The van der Waals surface area contributed by atoms with Gasteiger partial charge in [0.2, 0.25) is 12.7 Å². The van der Waals surface area contributed by atoms with Gasteiger partial charge in [0.1, 0.15) is 11.9 Å². The molecule has 1 aliphatic heterocycles. The van der Waals surface area contributed by atoms with Gasteiger partial charge in [-0.25, -0.2) is 9.07 Å². The highest BCUT2D eigenvalue weighted by Crippen LogP contribution is 2.32. The van der Waals surface area contributed by atoms with Crippen molar-refractivity contribution in [2.45, 2.75) is 19.5 Å². The number of fused-ring (bicyclic) bond motifs is 1. The molecule has 0 saturated heterocycles. The standard InChI is InChI=1S/C21H18FN3O4/c1-13(21(27)23-11-14-2-8-18-19(10-14)29-12-28-18)25-20(26)9-7-17(24-25)15-3-5-16(22)6-4-15/h2-10,13H,11-12H2,1H3,(H,23,27). The van der Waals surface area contributed by atoms with Crippen LogP contribution in [0.1, 0.15) is 18.5 Å². The lowest BCUT2D eigenvalue weighted by Gasteiger charge is -2.15. The average molecular weight is 395 g/mol. The Labute approximate surface area is 165 Å². The summed E-state index contributed by atoms with van der Waals surface area (Å²) in [6.45, 7) is 2.05. The number of hydrogen-bond acceptors (Lipinski definition) is 5. The summed E-state index contributed by atoms with van der Waals surface area (Å²) in [6.07, 6.45) is 0. The second-order valence-electron chi connectivity index (χ2n) is 6.59. The highest BCUT2D eigenvalue weighted by molar-refractivity contribution is 5.79. The van der Waals surface area contributed by atoms with Crippen LogP contribution >= 0.6 is 0 Å². The van der Waals surface area contributed by atoms with Crippen molar-refractivity contribution in [3.8, 4) is 22.8 Å². The maximum absolute atomic E-state index is 13.1. The summed E-state index contributed by atoms with van der Waals surface area (Å²) in [4.78, 5) is 24.8. The molecule has 1 atom stereocenters. The molecule has 1 aromatic heterocycles. The van der Waals surface area contributed by atoms with E-state index in [9.17, 15) is 14.0 Å². The van der Waals surface area contributed by atoms with Gasteiger partial charge in [0.25, 0.3) is 5.56 Å². The lowest BCUT2D eigenvalue weighted by atomic mass is 10.1. The first kappa shape index (κ1) is 18.7. The monoisotopic (exact) mass is 395 g/mol. The molecule has 1 unspecified atom stereocenters. The molecule has 148 valence electrons. The zero-order chi connectivity index (χ0) is 20.4. The molecular formula is C21H18FN3O4. The number of nitrogens with zero attached hydrogens (tertiary/aromatic N) is 2. The first-order valence-electron chi connectivity index (χ1n) is 9.03. The fourth-order valence-corrected chi connectivity index (χ4v) is 2.98. The average Bonchev–Trinajstić information content (AvgIpc) is 3.20. The van der Waals surface area contributed by atoms with Gasteiger partial charge in [0.15, 0.2) is 11.5 Å². The smallest absolute Gasteiger partial charge is 0.267 e. The second-order valence-corrected chi connectivity index (χ2v) is 6.59. The van der Waals surface area contributed by atoms with Gasteiger partial charge in [-0.15, -0.1) is 0 Å². The minimum absolute atomic E-state index is 0.182. The fraction of sp³-hybridized carbons (Fsp3) is 0.190. The van der Waals surface area contributed by atoms with Crippen molar-refractivity contribution >= 4 is 5.91 Å². The molecule has 1 aliphatic rings. The summed E-state index contributed by atoms with van der Waals surface area (Å²) in [7, 11) is 0. The first-order valence-corrected chi connectivity index (χ1v) is 9.03. The Kier molecular flexibility index (Phi) is 4.99. The van der Waals surface area contributed by atoms with E-state index < -0.39 is 11.6 Å². The maximum atomic E-state index is 13.1. The summed E-state index contributed by atoms with van der Waals surface area (Å²) >= 11 is 0. The molecule has 0 saturated carbocycles. The number of aromatic nitrogens is 2. The van der Waals surface area contributed by atoms with Crippen LogP contribution in [0.4, 0.5) is 4.39 Å². The number of amides is 1. The first-order chi connectivity index (χ1) is 14.0. The van der Waals surface area contributed by atoms with Crippen molar-refractivity contribution in [1.82, 2.24) is 15.1 Å². The number of carbonyl (C=O) groups excluding carboxylic acids is 1. The van der Waals surface area contributed by atoms with Crippen LogP contribution in [0, 0.1) is 5.82 Å². The number of nitrogens with one attached hydrogen (secondary N) is 1. The van der Waals surface area contributed by atoms with Gasteiger partial charge in [-0.2, -0.15) is 5.10 Å². The van der Waals surface area contributed by atoms with Crippen LogP contribution < -0.4 is 20.3 Å². The molecule has 7 nitrogen and oxygen atoms in total. The van der Waals surface area contributed by atoms with E-state index in [0.717, 1.165) is 10.2 Å². The number of carbonyl (C=O) groups is 1. The molecule has 1 amide bonds. The van der Waals surface area contributed by atoms with Gasteiger partial charge in [-0.1, -0.05) is 6.07 Å². The van der Waals surface area contributed by atoms with E-state index in [1.807, 2.05) is 6.07 Å². The van der Waals surface area contributed by atoms with E-state index in [2.05, 4.69) is 10.4 Å². The lowest BCUT2D eigenvalue weighted by Crippen LogP contribution is -2.36. The molecule has 0 spiro atoms. The summed E-state index contributed by atoms with van der Waals surface area (Å²) in [5, 5.41) is 7.08. The Hall–Kier alpha value is -3.68. The highest BCUT2D eigenvalue weighted by Gasteiger charge is 2.19. The van der Waals surface area contributed by atoms with E-state index in [1.54, 1.807) is 37.3 Å². The lowest BCUT2D eigenvalue weighted by molar-refractivity contribution is -0.124. The van der Waals surface area contributed by atoms with E-state index >= 15 is 0 Å². The molecule has 29 heavy (non-hydrogen) atoms. The third kappa shape index (κ3) is 3.96. The Morgan fingerprint density at radius 1 is 1.14 bits per heavy atom. The van der Waals surface area contributed by atoms with E-state index in [0.29, 0.717) is 22.8 Å². The van der Waals surface area contributed by atoms with Gasteiger partial charge in [-0.05, 0) is 55.0 Å². The van der Waals surface area contributed by atoms with Crippen molar-refractivity contribution in [1.29, 1.82) is 0 Å². The molecule has 2 heterocycles. The van der Waals surface area contributed by atoms with Crippen molar-refractivity contribution in [3.63, 3.8) is 0 Å². The number of halogens is 1. The zero-order valence-corrected chi connectivity index (χ0v) is 15.6. The molecule has 0 radical (unpaired) electrons. The number of hydrogen-bond donors (Lipinski definition) is 1. The molecule has 0 bridgehead atoms. The SMILES string of the molecule is CC(C(=O)NCc1ccc2c(c1)OCO2)n1nc(-c2ccc(F)cc2)ccc1=O. The molecular weight excluding hydrogens is 377 g/mol. The second kappa shape index (κ2) is 7.75. The molecule has 0 fully saturated rings. The van der Waals surface area contributed by atoms with Crippen LogP contribution in [-0.2, 0) is 11.3 Å². The largest absolute Gasteiger partial charge is 0.454 e. The Morgan fingerprint density at radius 3 is 2.69 bits per heavy atom. The quantitative estimate of drug-likeness (QED) is 0.718. The van der Waals surface area contributed by atoms with E-state index in [1.165, 1.54) is 18.2 Å². The molecule has 4 rings (SSSR count). The number of rotatable bonds is 5. The highest BCUT2D eigenvalue weighted by atomic mass is 19.1. The molecule has 2 aromatic carbocycles. The van der Waals surface area contributed by atoms with Crippen LogP contribution in [0.25, 0.3) is 11.3 Å².